The fourth-order valence-corrected chi connectivity index (χ4v) is 1.90. The number of halogens is 6. The van der Waals surface area contributed by atoms with E-state index < -0.39 is 35.4 Å². The Morgan fingerprint density at radius 1 is 0.600 bits per heavy atom. The van der Waals surface area contributed by atoms with E-state index in [4.69, 9.17) is 10.2 Å². The van der Waals surface area contributed by atoms with Gasteiger partial charge in [-0.15, -0.1) is 0 Å². The molecule has 0 spiro atoms. The van der Waals surface area contributed by atoms with Gasteiger partial charge < -0.3 is 10.2 Å². The Morgan fingerprint density at radius 2 is 0.867 bits per heavy atom. The fraction of sp³-hybridized carbons (Fsp3) is 0.100. The lowest BCUT2D eigenvalue weighted by Gasteiger charge is -2.05. The Hall–Kier alpha value is -3.56. The van der Waals surface area contributed by atoms with Crippen LogP contribution in [0.4, 0.5) is 26.3 Å². The van der Waals surface area contributed by atoms with Gasteiger partial charge in [0, 0.05) is 12.2 Å². The summed E-state index contributed by atoms with van der Waals surface area (Å²) in [5, 5.41) is 16.6. The predicted molar refractivity (Wildman–Crippen MR) is 96.2 cm³/mol. The quantitative estimate of drug-likeness (QED) is 0.487. The second-order valence-electron chi connectivity index (χ2n) is 5.58. The second kappa shape index (κ2) is 10.3. The van der Waals surface area contributed by atoms with Crippen LogP contribution in [0.1, 0.15) is 22.3 Å². The molecular weight excluding hydrogens is 418 g/mol. The molecule has 4 nitrogen and oxygen atoms in total. The minimum Gasteiger partial charge on any atom is -0.478 e. The van der Waals surface area contributed by atoms with E-state index in [1.165, 1.54) is 36.4 Å². The number of hydrogen-bond donors (Lipinski definition) is 2. The number of carboxylic acids is 2. The van der Waals surface area contributed by atoms with E-state index >= 15 is 0 Å². The molecule has 2 aromatic carbocycles. The Balaban J connectivity index is 0.000000300. The zero-order chi connectivity index (χ0) is 22.9. The number of benzene rings is 2. The van der Waals surface area contributed by atoms with Gasteiger partial charge in [0.2, 0.25) is 0 Å². The zero-order valence-corrected chi connectivity index (χ0v) is 14.9. The largest absolute Gasteiger partial charge is 0.478 e. The first-order valence-corrected chi connectivity index (χ1v) is 7.95. The summed E-state index contributed by atoms with van der Waals surface area (Å²) in [5.41, 5.74) is -0.694. The topological polar surface area (TPSA) is 74.6 Å². The molecule has 0 atom stereocenters. The molecule has 0 radical (unpaired) electrons. The highest BCUT2D eigenvalue weighted by atomic mass is 19.4. The summed E-state index contributed by atoms with van der Waals surface area (Å²) in [6.07, 6.45) is -4.56. The maximum atomic E-state index is 12.1. The van der Waals surface area contributed by atoms with Crippen LogP contribution in [-0.2, 0) is 21.9 Å². The van der Waals surface area contributed by atoms with E-state index in [-0.39, 0.29) is 0 Å². The summed E-state index contributed by atoms with van der Waals surface area (Å²) < 4.78 is 72.7. The molecule has 2 N–H and O–H groups in total. The average Bonchev–Trinajstić information content (AvgIpc) is 2.64. The molecular formula is C20H14F6O4. The number of rotatable bonds is 4. The summed E-state index contributed by atoms with van der Waals surface area (Å²) in [4.78, 5) is 20.3. The van der Waals surface area contributed by atoms with Gasteiger partial charge >= 0.3 is 24.3 Å². The third-order valence-electron chi connectivity index (χ3n) is 3.31. The average molecular weight is 432 g/mol. The van der Waals surface area contributed by atoms with Crippen LogP contribution in [0.3, 0.4) is 0 Å². The highest BCUT2D eigenvalue weighted by Gasteiger charge is 2.30. The molecule has 0 saturated carbocycles. The Kier molecular flexibility index (Phi) is 8.39. The van der Waals surface area contributed by atoms with E-state index in [0.29, 0.717) is 11.1 Å². The monoisotopic (exact) mass is 432 g/mol. The van der Waals surface area contributed by atoms with Crippen molar-refractivity contribution < 1.29 is 46.1 Å². The molecule has 0 saturated heterocycles. The summed E-state index contributed by atoms with van der Waals surface area (Å²) >= 11 is 0. The van der Waals surface area contributed by atoms with Crippen molar-refractivity contribution in [2.45, 2.75) is 12.4 Å². The van der Waals surface area contributed by atoms with Crippen LogP contribution in [-0.4, -0.2) is 22.2 Å². The van der Waals surface area contributed by atoms with E-state index in [9.17, 15) is 35.9 Å². The van der Waals surface area contributed by atoms with Crippen LogP contribution in [0.15, 0.2) is 60.7 Å². The first-order valence-electron chi connectivity index (χ1n) is 7.95. The second-order valence-corrected chi connectivity index (χ2v) is 5.58. The molecule has 0 aliphatic heterocycles. The number of aliphatic carboxylic acids is 2. The normalized spacial score (nSPS) is 11.9. The first kappa shape index (κ1) is 24.5. The molecule has 0 aromatic heterocycles. The predicted octanol–water partition coefficient (Wildman–Crippen LogP) is 5.61. The van der Waals surface area contributed by atoms with E-state index in [1.807, 2.05) is 0 Å². The summed E-state index contributed by atoms with van der Waals surface area (Å²) in [5.74, 6) is -2.29. The van der Waals surface area contributed by atoms with Crippen LogP contribution in [0.2, 0.25) is 0 Å². The number of alkyl halides is 6. The van der Waals surface area contributed by atoms with Crippen LogP contribution in [0, 0.1) is 0 Å². The molecule has 0 unspecified atom stereocenters. The molecule has 0 heterocycles. The molecule has 0 fully saturated rings. The molecule has 160 valence electrons. The smallest absolute Gasteiger partial charge is 0.416 e. The number of hydrogen-bond acceptors (Lipinski definition) is 2. The lowest BCUT2D eigenvalue weighted by molar-refractivity contribution is -0.138. The highest BCUT2D eigenvalue weighted by Crippen LogP contribution is 2.30. The van der Waals surface area contributed by atoms with E-state index in [0.717, 1.165) is 36.4 Å². The van der Waals surface area contributed by atoms with E-state index in [1.54, 1.807) is 0 Å². The van der Waals surface area contributed by atoms with Crippen LogP contribution in [0.25, 0.3) is 12.2 Å². The van der Waals surface area contributed by atoms with Crippen molar-refractivity contribution in [1.29, 1.82) is 0 Å². The first-order chi connectivity index (χ1) is 13.8. The number of carboxylic acid groups (broad SMARTS) is 2. The SMILES string of the molecule is O=C(O)/C=C/c1ccc(C(F)(F)F)cc1.O=C(O)/C=C/c1ccc(C(F)(F)F)cc1. The van der Waals surface area contributed by atoms with Crippen LogP contribution in [0.5, 0.6) is 0 Å². The molecule has 2 rings (SSSR count). The zero-order valence-electron chi connectivity index (χ0n) is 14.9. The van der Waals surface area contributed by atoms with Crippen LogP contribution >= 0.6 is 0 Å². The lowest BCUT2D eigenvalue weighted by Crippen LogP contribution is -2.03. The highest BCUT2D eigenvalue weighted by molar-refractivity contribution is 5.85. The van der Waals surface area contributed by atoms with Crippen molar-refractivity contribution in [3.63, 3.8) is 0 Å². The molecule has 0 bridgehead atoms. The molecule has 10 heteroatoms. The van der Waals surface area contributed by atoms with Crippen molar-refractivity contribution in [3.8, 4) is 0 Å². The van der Waals surface area contributed by atoms with Gasteiger partial charge in [-0.25, -0.2) is 9.59 Å². The molecule has 2 aromatic rings. The van der Waals surface area contributed by atoms with Gasteiger partial charge in [0.25, 0.3) is 0 Å². The van der Waals surface area contributed by atoms with E-state index in [2.05, 4.69) is 0 Å². The van der Waals surface area contributed by atoms with Gasteiger partial charge in [0.05, 0.1) is 11.1 Å². The van der Waals surface area contributed by atoms with Gasteiger partial charge in [-0.05, 0) is 47.5 Å². The summed E-state index contributed by atoms with van der Waals surface area (Å²) in [6, 6.07) is 8.46. The van der Waals surface area contributed by atoms with Crippen molar-refractivity contribution in [2.75, 3.05) is 0 Å². The third-order valence-corrected chi connectivity index (χ3v) is 3.31. The lowest BCUT2D eigenvalue weighted by atomic mass is 10.1. The molecule has 0 amide bonds. The molecule has 0 aliphatic rings. The van der Waals surface area contributed by atoms with Crippen LogP contribution < -0.4 is 0 Å². The molecule has 30 heavy (non-hydrogen) atoms. The summed E-state index contributed by atoms with van der Waals surface area (Å²) in [6.45, 7) is 0. The van der Waals surface area contributed by atoms with Gasteiger partial charge in [-0.2, -0.15) is 26.3 Å². The van der Waals surface area contributed by atoms with Crippen molar-refractivity contribution in [2.24, 2.45) is 0 Å². The van der Waals surface area contributed by atoms with Crippen molar-refractivity contribution in [3.05, 3.63) is 82.9 Å². The Labute approximate surface area is 166 Å². The van der Waals surface area contributed by atoms with Gasteiger partial charge in [0.15, 0.2) is 0 Å². The third kappa shape index (κ3) is 9.09. The fourth-order valence-electron chi connectivity index (χ4n) is 1.90. The maximum Gasteiger partial charge on any atom is 0.416 e. The van der Waals surface area contributed by atoms with Gasteiger partial charge in [-0.1, -0.05) is 24.3 Å². The minimum absolute atomic E-state index is 0.408. The van der Waals surface area contributed by atoms with Gasteiger partial charge in [-0.3, -0.25) is 0 Å². The Morgan fingerprint density at radius 3 is 1.07 bits per heavy atom. The summed E-state index contributed by atoms with van der Waals surface area (Å²) in [7, 11) is 0. The van der Waals surface area contributed by atoms with Crippen molar-refractivity contribution in [1.82, 2.24) is 0 Å². The number of carbonyl (C=O) groups is 2. The Bertz CT molecular complexity index is 831. The minimum atomic E-state index is -4.37. The van der Waals surface area contributed by atoms with Crippen molar-refractivity contribution >= 4 is 24.1 Å². The van der Waals surface area contributed by atoms with Gasteiger partial charge in [0.1, 0.15) is 0 Å². The molecule has 0 aliphatic carbocycles. The maximum absolute atomic E-state index is 12.1. The standard InChI is InChI=1S/2C10H7F3O2/c2*11-10(12,13)8-4-1-7(2-5-8)3-6-9(14)15/h2*1-6H,(H,14,15)/b2*6-3+.